The van der Waals surface area contributed by atoms with Gasteiger partial charge in [-0.05, 0) is 49.6 Å². The third-order valence-electron chi connectivity index (χ3n) is 4.50. The topological polar surface area (TPSA) is 58.6 Å². The predicted octanol–water partition coefficient (Wildman–Crippen LogP) is 4.00. The minimum Gasteiger partial charge on any atom is -0.494 e. The van der Waals surface area contributed by atoms with Gasteiger partial charge in [0.1, 0.15) is 11.4 Å². The van der Waals surface area contributed by atoms with Crippen LogP contribution in [0.3, 0.4) is 0 Å². The van der Waals surface area contributed by atoms with Crippen molar-refractivity contribution < 1.29 is 14.3 Å². The normalized spacial score (nSPS) is 14.1. The van der Waals surface area contributed by atoms with E-state index in [0.717, 1.165) is 23.4 Å². The van der Waals surface area contributed by atoms with Gasteiger partial charge >= 0.3 is 0 Å². The summed E-state index contributed by atoms with van der Waals surface area (Å²) in [5.41, 5.74) is 3.23. The molecule has 5 nitrogen and oxygen atoms in total. The molecular formula is C22H24N2O3. The van der Waals surface area contributed by atoms with Crippen LogP contribution in [-0.4, -0.2) is 29.9 Å². The number of likely N-dealkylation sites (N-methyl/N-ethyl adjacent to an activating group) is 1. The van der Waals surface area contributed by atoms with Gasteiger partial charge in [-0.3, -0.25) is 14.5 Å². The van der Waals surface area contributed by atoms with Crippen LogP contribution in [0.1, 0.15) is 31.4 Å². The van der Waals surface area contributed by atoms with E-state index in [1.54, 1.807) is 6.92 Å². The van der Waals surface area contributed by atoms with Gasteiger partial charge in [0.25, 0.3) is 11.8 Å². The van der Waals surface area contributed by atoms with E-state index in [4.69, 9.17) is 4.74 Å². The van der Waals surface area contributed by atoms with Crippen LogP contribution in [0.5, 0.6) is 5.75 Å². The SMILES string of the molecule is CCCOc1ccc(C2=C(Nc3ccccc3C)C(=O)N(CC)C2=O)cc1. The number of benzene rings is 2. The second-order valence-corrected chi connectivity index (χ2v) is 6.42. The summed E-state index contributed by atoms with van der Waals surface area (Å²) < 4.78 is 5.61. The van der Waals surface area contributed by atoms with E-state index in [-0.39, 0.29) is 11.8 Å². The first kappa shape index (κ1) is 18.7. The molecule has 5 heteroatoms. The molecule has 2 amide bonds. The van der Waals surface area contributed by atoms with E-state index < -0.39 is 0 Å². The highest BCUT2D eigenvalue weighted by molar-refractivity contribution is 6.36. The van der Waals surface area contributed by atoms with Gasteiger partial charge in [-0.1, -0.05) is 37.3 Å². The monoisotopic (exact) mass is 364 g/mol. The lowest BCUT2D eigenvalue weighted by Crippen LogP contribution is -2.32. The molecule has 0 saturated heterocycles. The van der Waals surface area contributed by atoms with Crippen LogP contribution in [0.4, 0.5) is 5.69 Å². The van der Waals surface area contributed by atoms with Crippen LogP contribution in [-0.2, 0) is 9.59 Å². The van der Waals surface area contributed by atoms with Gasteiger partial charge in [0.2, 0.25) is 0 Å². The molecule has 0 unspecified atom stereocenters. The van der Waals surface area contributed by atoms with Crippen molar-refractivity contribution in [1.29, 1.82) is 0 Å². The van der Waals surface area contributed by atoms with Crippen molar-refractivity contribution in [1.82, 2.24) is 4.90 Å². The zero-order chi connectivity index (χ0) is 19.4. The van der Waals surface area contributed by atoms with Gasteiger partial charge in [0, 0.05) is 12.2 Å². The molecular weight excluding hydrogens is 340 g/mol. The number of imide groups is 1. The number of hydrogen-bond acceptors (Lipinski definition) is 4. The molecule has 0 aliphatic carbocycles. The van der Waals surface area contributed by atoms with Crippen molar-refractivity contribution in [2.24, 2.45) is 0 Å². The fourth-order valence-electron chi connectivity index (χ4n) is 3.03. The van der Waals surface area contributed by atoms with Gasteiger partial charge < -0.3 is 10.1 Å². The van der Waals surface area contributed by atoms with Gasteiger partial charge in [0.05, 0.1) is 12.2 Å². The number of ether oxygens (including phenoxy) is 1. The standard InChI is InChI=1S/C22H24N2O3/c1-4-14-27-17-12-10-16(11-13-17)19-20(22(26)24(5-2)21(19)25)23-18-9-7-6-8-15(18)3/h6-13,23H,4-5,14H2,1-3H3. The van der Waals surface area contributed by atoms with E-state index in [0.29, 0.717) is 30.0 Å². The molecule has 1 N–H and O–H groups in total. The third-order valence-corrected chi connectivity index (χ3v) is 4.50. The number of aryl methyl sites for hydroxylation is 1. The fourth-order valence-corrected chi connectivity index (χ4v) is 3.03. The first-order valence-electron chi connectivity index (χ1n) is 9.23. The number of para-hydroxylation sites is 1. The van der Waals surface area contributed by atoms with Gasteiger partial charge in [-0.25, -0.2) is 0 Å². The van der Waals surface area contributed by atoms with E-state index in [9.17, 15) is 9.59 Å². The molecule has 0 radical (unpaired) electrons. The number of amides is 2. The van der Waals surface area contributed by atoms with Crippen LogP contribution in [0.25, 0.3) is 5.57 Å². The molecule has 3 rings (SSSR count). The Morgan fingerprint density at radius 3 is 2.30 bits per heavy atom. The molecule has 0 bridgehead atoms. The quantitative estimate of drug-likeness (QED) is 0.755. The lowest BCUT2D eigenvalue weighted by Gasteiger charge is -2.12. The minimum absolute atomic E-state index is 0.277. The molecule has 1 aliphatic heterocycles. The van der Waals surface area contributed by atoms with E-state index in [2.05, 4.69) is 5.32 Å². The Labute approximate surface area is 159 Å². The molecule has 140 valence electrons. The smallest absolute Gasteiger partial charge is 0.278 e. The molecule has 0 spiro atoms. The molecule has 1 aliphatic rings. The lowest BCUT2D eigenvalue weighted by molar-refractivity contribution is -0.136. The predicted molar refractivity (Wildman–Crippen MR) is 106 cm³/mol. The number of carbonyl (C=O) groups is 2. The molecule has 0 saturated carbocycles. The average molecular weight is 364 g/mol. The van der Waals surface area contributed by atoms with Crippen LogP contribution >= 0.6 is 0 Å². The maximum Gasteiger partial charge on any atom is 0.278 e. The molecule has 0 fully saturated rings. The molecule has 0 atom stereocenters. The lowest BCUT2D eigenvalue weighted by atomic mass is 10.0. The number of nitrogens with zero attached hydrogens (tertiary/aromatic N) is 1. The number of anilines is 1. The average Bonchev–Trinajstić information content (AvgIpc) is 2.91. The molecule has 2 aromatic carbocycles. The van der Waals surface area contributed by atoms with Crippen LogP contribution < -0.4 is 10.1 Å². The number of rotatable bonds is 7. The maximum atomic E-state index is 12.9. The summed E-state index contributed by atoms with van der Waals surface area (Å²) in [6.45, 7) is 6.78. The summed E-state index contributed by atoms with van der Waals surface area (Å²) in [6, 6.07) is 15.0. The van der Waals surface area contributed by atoms with E-state index >= 15 is 0 Å². The summed E-state index contributed by atoms with van der Waals surface area (Å²) in [7, 11) is 0. The Morgan fingerprint density at radius 1 is 0.963 bits per heavy atom. The minimum atomic E-state index is -0.299. The van der Waals surface area contributed by atoms with Crippen molar-refractivity contribution in [3.63, 3.8) is 0 Å². The third kappa shape index (κ3) is 3.72. The fraction of sp³-hybridized carbons (Fsp3) is 0.273. The Bertz CT molecular complexity index is 885. The highest BCUT2D eigenvalue weighted by atomic mass is 16.5. The van der Waals surface area contributed by atoms with Gasteiger partial charge in [0.15, 0.2) is 0 Å². The summed E-state index contributed by atoms with van der Waals surface area (Å²) >= 11 is 0. The van der Waals surface area contributed by atoms with Crippen molar-refractivity contribution in [2.45, 2.75) is 27.2 Å². The van der Waals surface area contributed by atoms with E-state index in [1.165, 1.54) is 4.90 Å². The first-order valence-corrected chi connectivity index (χ1v) is 9.23. The second-order valence-electron chi connectivity index (χ2n) is 6.42. The Morgan fingerprint density at radius 2 is 1.67 bits per heavy atom. The van der Waals surface area contributed by atoms with Crippen molar-refractivity contribution >= 4 is 23.1 Å². The van der Waals surface area contributed by atoms with Crippen molar-refractivity contribution in [3.05, 3.63) is 65.4 Å². The molecule has 0 aromatic heterocycles. The van der Waals surface area contributed by atoms with Crippen molar-refractivity contribution in [2.75, 3.05) is 18.5 Å². The first-order chi connectivity index (χ1) is 13.1. The Hall–Kier alpha value is -3.08. The number of nitrogens with one attached hydrogen (secondary N) is 1. The van der Waals surface area contributed by atoms with Gasteiger partial charge in [-0.15, -0.1) is 0 Å². The molecule has 27 heavy (non-hydrogen) atoms. The number of carbonyl (C=O) groups excluding carboxylic acids is 2. The van der Waals surface area contributed by atoms with Crippen LogP contribution in [0.2, 0.25) is 0 Å². The maximum absolute atomic E-state index is 12.9. The molecule has 2 aromatic rings. The van der Waals surface area contributed by atoms with E-state index in [1.807, 2.05) is 62.4 Å². The van der Waals surface area contributed by atoms with Gasteiger partial charge in [-0.2, -0.15) is 0 Å². The highest BCUT2D eigenvalue weighted by Gasteiger charge is 2.38. The summed E-state index contributed by atoms with van der Waals surface area (Å²) in [4.78, 5) is 26.9. The van der Waals surface area contributed by atoms with Crippen LogP contribution in [0, 0.1) is 6.92 Å². The second kappa shape index (κ2) is 8.08. The van der Waals surface area contributed by atoms with Crippen LogP contribution in [0.15, 0.2) is 54.2 Å². The largest absolute Gasteiger partial charge is 0.494 e. The Balaban J connectivity index is 2.00. The van der Waals surface area contributed by atoms with Crippen molar-refractivity contribution in [3.8, 4) is 5.75 Å². The zero-order valence-electron chi connectivity index (χ0n) is 15.9. The zero-order valence-corrected chi connectivity index (χ0v) is 15.9. The molecule has 1 heterocycles. The Kier molecular flexibility index (Phi) is 5.60. The number of hydrogen-bond donors (Lipinski definition) is 1. The summed E-state index contributed by atoms with van der Waals surface area (Å²) in [6.07, 6.45) is 0.926. The highest BCUT2D eigenvalue weighted by Crippen LogP contribution is 2.31. The summed E-state index contributed by atoms with van der Waals surface area (Å²) in [5.74, 6) is 0.173. The summed E-state index contributed by atoms with van der Waals surface area (Å²) in [5, 5.41) is 3.19.